The standard InChI is InChI=1S/C26H28N10O4/c1-4-21(37)35-7-5-6-18(13-35)36-12-17(10-31-36)32-26-29-11-19(23(28)38)24(34-26)33-22-15(2)8-16(9-20(22)40-3)25(39)30-14-27/h4,8-12,18H,1,5-7,13H2,2-3H3,(H2,28,38)(H,30,39)(H2,29,32,33,34)/t18-/m0/s1. The first-order chi connectivity index (χ1) is 19.2. The van der Waals surface area contributed by atoms with Crippen LogP contribution in [0.4, 0.5) is 23.1 Å². The Bertz CT molecular complexity index is 1510. The minimum absolute atomic E-state index is 0.0113. The van der Waals surface area contributed by atoms with E-state index in [-0.39, 0.29) is 40.6 Å². The Morgan fingerprint density at radius 2 is 2.08 bits per heavy atom. The molecule has 206 valence electrons. The van der Waals surface area contributed by atoms with Gasteiger partial charge in [-0.2, -0.15) is 15.3 Å². The van der Waals surface area contributed by atoms with Crippen LogP contribution < -0.4 is 26.4 Å². The Kier molecular flexibility index (Phi) is 8.24. The van der Waals surface area contributed by atoms with Gasteiger partial charge in [-0.15, -0.1) is 0 Å². The predicted molar refractivity (Wildman–Crippen MR) is 145 cm³/mol. The van der Waals surface area contributed by atoms with Gasteiger partial charge in [0.25, 0.3) is 11.8 Å². The molecule has 1 atom stereocenters. The zero-order chi connectivity index (χ0) is 28.8. The van der Waals surface area contributed by atoms with E-state index in [0.717, 1.165) is 12.8 Å². The molecule has 0 radical (unpaired) electrons. The monoisotopic (exact) mass is 544 g/mol. The lowest BCUT2D eigenvalue weighted by molar-refractivity contribution is -0.127. The van der Waals surface area contributed by atoms with Gasteiger partial charge in [-0.05, 0) is 43.5 Å². The highest BCUT2D eigenvalue weighted by atomic mass is 16.5. The Hall–Kier alpha value is -5.45. The Morgan fingerprint density at radius 3 is 2.77 bits per heavy atom. The largest absolute Gasteiger partial charge is 0.495 e. The molecule has 3 heterocycles. The summed E-state index contributed by atoms with van der Waals surface area (Å²) in [6.45, 7) is 6.50. The number of aryl methyl sites for hydroxylation is 1. The van der Waals surface area contributed by atoms with Crippen LogP contribution in [0.2, 0.25) is 0 Å². The maximum atomic E-state index is 12.1. The quantitative estimate of drug-likeness (QED) is 0.176. The van der Waals surface area contributed by atoms with Gasteiger partial charge in [0.05, 0.1) is 30.7 Å². The molecule has 0 unspecified atom stereocenters. The molecule has 0 bridgehead atoms. The maximum absolute atomic E-state index is 12.1. The number of carbonyl (C=O) groups is 3. The topological polar surface area (TPSA) is 193 Å². The van der Waals surface area contributed by atoms with Gasteiger partial charge >= 0.3 is 0 Å². The van der Waals surface area contributed by atoms with E-state index in [9.17, 15) is 14.4 Å². The molecule has 14 heteroatoms. The smallest absolute Gasteiger partial charge is 0.264 e. The molecule has 5 N–H and O–H groups in total. The second-order valence-corrected chi connectivity index (χ2v) is 9.00. The third-order valence-corrected chi connectivity index (χ3v) is 6.36. The fourth-order valence-electron chi connectivity index (χ4n) is 4.40. The first-order valence-corrected chi connectivity index (χ1v) is 12.3. The van der Waals surface area contributed by atoms with Crippen LogP contribution in [-0.2, 0) is 4.79 Å². The van der Waals surface area contributed by atoms with Crippen LogP contribution in [0.3, 0.4) is 0 Å². The molecule has 14 nitrogen and oxygen atoms in total. The van der Waals surface area contributed by atoms with Gasteiger partial charge in [0.15, 0.2) is 6.19 Å². The van der Waals surface area contributed by atoms with Crippen LogP contribution in [0.25, 0.3) is 0 Å². The minimum Gasteiger partial charge on any atom is -0.495 e. The van der Waals surface area contributed by atoms with Gasteiger partial charge in [-0.1, -0.05) is 6.58 Å². The highest BCUT2D eigenvalue weighted by molar-refractivity contribution is 5.99. The molecule has 0 saturated carbocycles. The summed E-state index contributed by atoms with van der Waals surface area (Å²) in [6, 6.07) is 3.03. The molecule has 40 heavy (non-hydrogen) atoms. The molecule has 3 aromatic rings. The number of ether oxygens (including phenoxy) is 1. The molecule has 2 aromatic heterocycles. The van der Waals surface area contributed by atoms with Gasteiger partial charge in [-0.25, -0.2) is 4.98 Å². The van der Waals surface area contributed by atoms with Crippen LogP contribution in [0.5, 0.6) is 5.75 Å². The number of nitrogens with one attached hydrogen (secondary N) is 3. The Labute approximate surface area is 229 Å². The molecule has 1 aromatic carbocycles. The average molecular weight is 545 g/mol. The van der Waals surface area contributed by atoms with Gasteiger partial charge in [0, 0.05) is 31.0 Å². The van der Waals surface area contributed by atoms with E-state index >= 15 is 0 Å². The van der Waals surface area contributed by atoms with E-state index in [1.165, 1.54) is 25.4 Å². The number of amides is 3. The Balaban J connectivity index is 1.58. The third-order valence-electron chi connectivity index (χ3n) is 6.36. The minimum atomic E-state index is -0.751. The van der Waals surface area contributed by atoms with E-state index in [1.807, 2.05) is 0 Å². The average Bonchev–Trinajstić information content (AvgIpc) is 3.42. The second-order valence-electron chi connectivity index (χ2n) is 9.00. The summed E-state index contributed by atoms with van der Waals surface area (Å²) < 4.78 is 7.23. The summed E-state index contributed by atoms with van der Waals surface area (Å²) in [5.41, 5.74) is 7.44. The third kappa shape index (κ3) is 5.99. The number of likely N-dealkylation sites (tertiary alicyclic amines) is 1. The van der Waals surface area contributed by atoms with Gasteiger partial charge < -0.3 is 26.0 Å². The van der Waals surface area contributed by atoms with Gasteiger partial charge in [0.1, 0.15) is 17.1 Å². The number of hydrogen-bond acceptors (Lipinski definition) is 10. The lowest BCUT2D eigenvalue weighted by Crippen LogP contribution is -2.39. The first-order valence-electron chi connectivity index (χ1n) is 12.3. The number of anilines is 4. The summed E-state index contributed by atoms with van der Waals surface area (Å²) in [4.78, 5) is 46.7. The lowest BCUT2D eigenvalue weighted by Gasteiger charge is -2.32. The van der Waals surface area contributed by atoms with Crippen molar-refractivity contribution in [3.05, 3.63) is 60.1 Å². The SMILES string of the molecule is C=CC(=O)N1CCC[C@H](n2cc(Nc3ncc(C(N)=O)c(Nc4c(C)cc(C(=O)NC#N)cc4OC)n3)cn2)C1. The molecular formula is C26H28N10O4. The second kappa shape index (κ2) is 11.9. The highest BCUT2D eigenvalue weighted by Crippen LogP contribution is 2.33. The van der Waals surface area contributed by atoms with E-state index < -0.39 is 11.8 Å². The molecule has 1 saturated heterocycles. The molecule has 0 aliphatic carbocycles. The van der Waals surface area contributed by atoms with Crippen molar-refractivity contribution >= 4 is 40.9 Å². The Morgan fingerprint density at radius 1 is 1.27 bits per heavy atom. The number of nitrogens with two attached hydrogens (primary N) is 1. The number of benzene rings is 1. The molecular weight excluding hydrogens is 516 g/mol. The zero-order valence-corrected chi connectivity index (χ0v) is 22.0. The fraction of sp³-hybridized carbons (Fsp3) is 0.269. The normalized spacial score (nSPS) is 14.5. The van der Waals surface area contributed by atoms with E-state index in [0.29, 0.717) is 30.0 Å². The molecule has 1 aliphatic rings. The molecule has 1 fully saturated rings. The molecule has 1 aliphatic heterocycles. The maximum Gasteiger partial charge on any atom is 0.264 e. The summed E-state index contributed by atoms with van der Waals surface area (Å²) in [6.07, 6.45) is 9.34. The van der Waals surface area contributed by atoms with Gasteiger partial charge in [-0.3, -0.25) is 24.4 Å². The van der Waals surface area contributed by atoms with Crippen LogP contribution in [0.1, 0.15) is 45.2 Å². The number of primary amides is 1. The molecule has 3 amide bonds. The van der Waals surface area contributed by atoms with Crippen molar-refractivity contribution in [2.45, 2.75) is 25.8 Å². The van der Waals surface area contributed by atoms with E-state index in [1.54, 1.807) is 41.2 Å². The zero-order valence-electron chi connectivity index (χ0n) is 22.0. The summed E-state index contributed by atoms with van der Waals surface area (Å²) in [5.74, 6) is -0.885. The number of hydrogen-bond donors (Lipinski definition) is 4. The fourth-order valence-corrected chi connectivity index (χ4v) is 4.40. The highest BCUT2D eigenvalue weighted by Gasteiger charge is 2.24. The van der Waals surface area contributed by atoms with E-state index in [2.05, 4.69) is 37.6 Å². The lowest BCUT2D eigenvalue weighted by atomic mass is 10.1. The van der Waals surface area contributed by atoms with Crippen molar-refractivity contribution in [1.82, 2.24) is 30.0 Å². The number of aromatic nitrogens is 4. The molecule has 0 spiro atoms. The van der Waals surface area contributed by atoms with Crippen LogP contribution >= 0.6 is 0 Å². The van der Waals surface area contributed by atoms with Crippen LogP contribution in [0.15, 0.2) is 43.4 Å². The van der Waals surface area contributed by atoms with E-state index in [4.69, 9.17) is 15.7 Å². The predicted octanol–water partition coefficient (Wildman–Crippen LogP) is 2.14. The van der Waals surface area contributed by atoms with Crippen molar-refractivity contribution in [3.8, 4) is 11.9 Å². The number of nitrogens with zero attached hydrogens (tertiary/aromatic N) is 6. The van der Waals surface area contributed by atoms with Crippen molar-refractivity contribution in [2.75, 3.05) is 30.8 Å². The van der Waals surface area contributed by atoms with Gasteiger partial charge in [0.2, 0.25) is 11.9 Å². The van der Waals surface area contributed by atoms with Crippen molar-refractivity contribution < 1.29 is 19.1 Å². The number of rotatable bonds is 9. The first kappa shape index (κ1) is 27.6. The molecule has 4 rings (SSSR count). The van der Waals surface area contributed by atoms with Crippen molar-refractivity contribution in [2.24, 2.45) is 5.73 Å². The van der Waals surface area contributed by atoms with Crippen molar-refractivity contribution in [1.29, 1.82) is 5.26 Å². The number of methoxy groups -OCH3 is 1. The van der Waals surface area contributed by atoms with Crippen LogP contribution in [-0.4, -0.2) is 62.6 Å². The number of carbonyl (C=O) groups excluding carboxylic acids is 3. The van der Waals surface area contributed by atoms with Crippen LogP contribution in [0, 0.1) is 18.4 Å². The summed E-state index contributed by atoms with van der Waals surface area (Å²) in [7, 11) is 1.42. The summed E-state index contributed by atoms with van der Waals surface area (Å²) >= 11 is 0. The van der Waals surface area contributed by atoms with Crippen molar-refractivity contribution in [3.63, 3.8) is 0 Å². The summed E-state index contributed by atoms with van der Waals surface area (Å²) in [5, 5.41) is 21.4. The number of piperidine rings is 1. The number of nitriles is 1.